The number of carbonyl (C=O) groups is 2. The van der Waals surface area contributed by atoms with Crippen LogP contribution in [0.2, 0.25) is 10.0 Å². The van der Waals surface area contributed by atoms with Gasteiger partial charge >= 0.3 is 12.3 Å². The Hall–Kier alpha value is -3.71. The van der Waals surface area contributed by atoms with E-state index in [9.17, 15) is 23.6 Å². The van der Waals surface area contributed by atoms with Crippen molar-refractivity contribution in [3.05, 3.63) is 92.4 Å². The SMILES string of the molecule is NC1CCC(NC(=O)c2ccc(C(=O)O[C@@H](Cc3c(Cl)c[n+]([O-])cc3Cl)c3cccc(OC(F)(F)OCC4CC4)c3)cc2OCC2CC2)CC1. The van der Waals surface area contributed by atoms with Crippen molar-refractivity contribution in [3.63, 3.8) is 0 Å². The molecule has 3 aliphatic rings. The van der Waals surface area contributed by atoms with Gasteiger partial charge in [0.25, 0.3) is 5.91 Å². The number of nitrogens with one attached hydrogen (secondary N) is 1. The Morgan fingerprint density at radius 3 is 2.32 bits per heavy atom. The molecule has 50 heavy (non-hydrogen) atoms. The molecule has 0 saturated heterocycles. The normalized spacial score (nSPS) is 19.8. The van der Waals surface area contributed by atoms with Crippen LogP contribution in [0.4, 0.5) is 8.78 Å². The van der Waals surface area contributed by atoms with Gasteiger partial charge in [-0.3, -0.25) is 9.53 Å². The van der Waals surface area contributed by atoms with E-state index in [4.69, 9.17) is 43.1 Å². The zero-order valence-electron chi connectivity index (χ0n) is 27.3. The molecule has 3 saturated carbocycles. The molecule has 1 amide bonds. The average molecular weight is 735 g/mol. The number of hydrogen-bond donors (Lipinski definition) is 2. The third-order valence-corrected chi connectivity index (χ3v) is 9.74. The summed E-state index contributed by atoms with van der Waals surface area (Å²) in [5, 5.41) is 15.0. The van der Waals surface area contributed by atoms with E-state index in [2.05, 4.69) is 10.1 Å². The molecular weight excluding hydrogens is 695 g/mol. The first-order chi connectivity index (χ1) is 23.9. The molecule has 3 aliphatic carbocycles. The summed E-state index contributed by atoms with van der Waals surface area (Å²) in [4.78, 5) is 27.1. The molecule has 268 valence electrons. The zero-order chi connectivity index (χ0) is 35.4. The van der Waals surface area contributed by atoms with Crippen LogP contribution >= 0.6 is 23.2 Å². The van der Waals surface area contributed by atoms with Crippen LogP contribution in [0.3, 0.4) is 0 Å². The third-order valence-electron chi connectivity index (χ3n) is 9.09. The van der Waals surface area contributed by atoms with E-state index < -0.39 is 18.4 Å². The summed E-state index contributed by atoms with van der Waals surface area (Å²) in [6.45, 7) is 0.270. The van der Waals surface area contributed by atoms with Crippen molar-refractivity contribution in [2.75, 3.05) is 13.2 Å². The molecular formula is C36H39Cl2F2N3O7. The molecule has 0 spiro atoms. The highest BCUT2D eigenvalue weighted by molar-refractivity contribution is 6.35. The summed E-state index contributed by atoms with van der Waals surface area (Å²) in [5.41, 5.74) is 6.99. The van der Waals surface area contributed by atoms with Gasteiger partial charge in [0.2, 0.25) is 0 Å². The number of ether oxygens (including phenoxy) is 4. The van der Waals surface area contributed by atoms with Gasteiger partial charge in [0, 0.05) is 24.1 Å². The summed E-state index contributed by atoms with van der Waals surface area (Å²) >= 11 is 12.7. The van der Waals surface area contributed by atoms with Gasteiger partial charge in [-0.1, -0.05) is 35.3 Å². The summed E-state index contributed by atoms with van der Waals surface area (Å²) in [7, 11) is 0. The van der Waals surface area contributed by atoms with Crippen molar-refractivity contribution in [2.24, 2.45) is 17.6 Å². The molecule has 3 N–H and O–H groups in total. The molecule has 0 radical (unpaired) electrons. The lowest BCUT2D eigenvalue weighted by Crippen LogP contribution is -2.40. The second-order valence-corrected chi connectivity index (χ2v) is 14.1. The Labute approximate surface area is 298 Å². The van der Waals surface area contributed by atoms with Gasteiger partial charge in [-0.15, -0.1) is 8.78 Å². The van der Waals surface area contributed by atoms with E-state index in [0.717, 1.165) is 63.8 Å². The summed E-state index contributed by atoms with van der Waals surface area (Å²) in [5.74, 6) is -0.616. The van der Waals surface area contributed by atoms with Gasteiger partial charge in [0.1, 0.15) is 27.6 Å². The van der Waals surface area contributed by atoms with Gasteiger partial charge < -0.3 is 30.5 Å². The number of alkyl halides is 2. The second-order valence-electron chi connectivity index (χ2n) is 13.3. The monoisotopic (exact) mass is 733 g/mol. The summed E-state index contributed by atoms with van der Waals surface area (Å²) in [6, 6.07) is 10.3. The number of pyridine rings is 1. The Bertz CT molecular complexity index is 1670. The van der Waals surface area contributed by atoms with Crippen LogP contribution in [-0.2, 0) is 15.9 Å². The number of halogens is 4. The van der Waals surface area contributed by atoms with Gasteiger partial charge in [-0.05, 0) is 99.1 Å². The molecule has 1 heterocycles. The Balaban J connectivity index is 1.24. The number of hydrogen-bond acceptors (Lipinski definition) is 8. The zero-order valence-corrected chi connectivity index (χ0v) is 28.8. The number of amides is 1. The molecule has 0 bridgehead atoms. The minimum atomic E-state index is -3.88. The van der Waals surface area contributed by atoms with Crippen molar-refractivity contribution in [2.45, 2.75) is 82.3 Å². The predicted octanol–water partition coefficient (Wildman–Crippen LogP) is 6.91. The topological polar surface area (TPSA) is 136 Å². The number of aromatic nitrogens is 1. The molecule has 0 unspecified atom stereocenters. The lowest BCUT2D eigenvalue weighted by atomic mass is 9.91. The Kier molecular flexibility index (Phi) is 11.3. The van der Waals surface area contributed by atoms with Gasteiger partial charge in [0.15, 0.2) is 12.4 Å². The third kappa shape index (κ3) is 9.96. The highest BCUT2D eigenvalue weighted by atomic mass is 35.5. The van der Waals surface area contributed by atoms with Gasteiger partial charge in [-0.2, -0.15) is 4.73 Å². The van der Waals surface area contributed by atoms with E-state index in [1.807, 2.05) is 0 Å². The molecule has 3 fully saturated rings. The predicted molar refractivity (Wildman–Crippen MR) is 180 cm³/mol. The van der Waals surface area contributed by atoms with Crippen molar-refractivity contribution < 1.29 is 42.0 Å². The van der Waals surface area contributed by atoms with Crippen LogP contribution in [0.1, 0.15) is 89.3 Å². The fourth-order valence-corrected chi connectivity index (χ4v) is 6.35. The fraction of sp³-hybridized carbons (Fsp3) is 0.472. The van der Waals surface area contributed by atoms with Gasteiger partial charge in [0.05, 0.1) is 24.3 Å². The molecule has 0 aliphatic heterocycles. The lowest BCUT2D eigenvalue weighted by Gasteiger charge is -2.27. The highest BCUT2D eigenvalue weighted by Crippen LogP contribution is 2.36. The standard InChI is InChI=1S/C36H39Cl2F2N3O7/c37-30-17-43(46)18-31(38)29(30)16-32(23-2-1-3-27(14-23)50-36(39,40)48-20-22-6-7-22)49-35(45)24-8-13-28(33(15-24)47-19-21-4-5-21)34(44)42-26-11-9-25(41)10-12-26/h1-3,8,13-15,17-18,21-22,25-26,32H,4-7,9-12,16,19-20,41H2,(H,42,44)/t25?,26?,32-/m0/s1. The Morgan fingerprint density at radius 2 is 1.64 bits per heavy atom. The first-order valence-electron chi connectivity index (χ1n) is 16.8. The van der Waals surface area contributed by atoms with E-state index >= 15 is 0 Å². The molecule has 14 heteroatoms. The quantitative estimate of drug-likeness (QED) is 0.0745. The smallest absolute Gasteiger partial charge is 0.535 e. The van der Waals surface area contributed by atoms with Crippen molar-refractivity contribution in [1.82, 2.24) is 5.32 Å². The minimum Gasteiger partial charge on any atom is -0.619 e. The fourth-order valence-electron chi connectivity index (χ4n) is 5.76. The van der Waals surface area contributed by atoms with E-state index in [-0.39, 0.29) is 75.2 Å². The largest absolute Gasteiger partial charge is 0.619 e. The summed E-state index contributed by atoms with van der Waals surface area (Å²) in [6.07, 6.45) is 3.99. The number of nitrogens with zero attached hydrogens (tertiary/aromatic N) is 1. The summed E-state index contributed by atoms with van der Waals surface area (Å²) < 4.78 is 51.0. The van der Waals surface area contributed by atoms with Crippen LogP contribution in [-0.4, -0.2) is 43.5 Å². The molecule has 1 atom stereocenters. The molecule has 10 nitrogen and oxygen atoms in total. The van der Waals surface area contributed by atoms with E-state index in [1.54, 1.807) is 6.07 Å². The van der Waals surface area contributed by atoms with Crippen LogP contribution in [0.25, 0.3) is 0 Å². The van der Waals surface area contributed by atoms with Crippen LogP contribution in [0, 0.1) is 17.0 Å². The highest BCUT2D eigenvalue weighted by Gasteiger charge is 2.37. The number of rotatable bonds is 15. The number of carbonyl (C=O) groups excluding carboxylic acids is 2. The van der Waals surface area contributed by atoms with E-state index in [1.165, 1.54) is 36.4 Å². The maximum absolute atomic E-state index is 14.5. The Morgan fingerprint density at radius 1 is 0.960 bits per heavy atom. The van der Waals surface area contributed by atoms with Crippen molar-refractivity contribution >= 4 is 35.1 Å². The van der Waals surface area contributed by atoms with Crippen LogP contribution in [0.15, 0.2) is 54.9 Å². The van der Waals surface area contributed by atoms with Crippen molar-refractivity contribution in [3.8, 4) is 11.5 Å². The average Bonchev–Trinajstić information content (AvgIpc) is 4.01. The van der Waals surface area contributed by atoms with Gasteiger partial charge in [-0.25, -0.2) is 4.79 Å². The molecule has 1 aromatic heterocycles. The maximum Gasteiger partial charge on any atom is 0.535 e. The molecule has 6 rings (SSSR count). The number of nitrogens with two attached hydrogens (primary N) is 1. The lowest BCUT2D eigenvalue weighted by molar-refractivity contribution is -0.605. The first kappa shape index (κ1) is 36.1. The molecule has 3 aromatic rings. The first-order valence-corrected chi connectivity index (χ1v) is 17.6. The minimum absolute atomic E-state index is 0.0128. The number of esters is 1. The maximum atomic E-state index is 14.5. The van der Waals surface area contributed by atoms with Crippen LogP contribution in [0.5, 0.6) is 11.5 Å². The van der Waals surface area contributed by atoms with Crippen LogP contribution < -0.4 is 25.3 Å². The second kappa shape index (κ2) is 15.7. The van der Waals surface area contributed by atoms with Crippen molar-refractivity contribution in [1.29, 1.82) is 0 Å². The van der Waals surface area contributed by atoms with E-state index in [0.29, 0.717) is 22.8 Å². The number of benzene rings is 2. The molecule has 2 aromatic carbocycles.